The maximum atomic E-state index is 9.60. The number of aliphatic hydroxyl groups is 1. The molecule has 3 N–H and O–H groups in total. The summed E-state index contributed by atoms with van der Waals surface area (Å²) in [5.74, 6) is 0.483. The number of nitrogens with zero attached hydrogens (tertiary/aromatic N) is 1. The molecule has 3 heteroatoms. The average molecular weight is 184 g/mol. The van der Waals surface area contributed by atoms with E-state index in [0.29, 0.717) is 12.3 Å². The highest BCUT2D eigenvalue weighted by atomic mass is 16.3. The summed E-state index contributed by atoms with van der Waals surface area (Å²) in [5, 5.41) is 9.60. The molecule has 4 atom stereocenters. The van der Waals surface area contributed by atoms with Crippen LogP contribution in [0, 0.1) is 5.92 Å². The Balaban J connectivity index is 2.61. The van der Waals surface area contributed by atoms with E-state index in [0.717, 1.165) is 12.1 Å². The molecular formula is C10H20N2O. The molecule has 1 aliphatic heterocycles. The molecule has 0 aliphatic carbocycles. The van der Waals surface area contributed by atoms with Crippen LogP contribution >= 0.6 is 0 Å². The number of nitrogens with two attached hydrogens (primary N) is 1. The van der Waals surface area contributed by atoms with E-state index < -0.39 is 6.10 Å². The van der Waals surface area contributed by atoms with E-state index in [1.165, 1.54) is 0 Å². The van der Waals surface area contributed by atoms with Crippen molar-refractivity contribution in [2.45, 2.75) is 51.8 Å². The van der Waals surface area contributed by atoms with Gasteiger partial charge in [0.05, 0.1) is 18.2 Å². The minimum atomic E-state index is -0.415. The summed E-state index contributed by atoms with van der Waals surface area (Å²) >= 11 is 0. The Bertz CT molecular complexity index is 203. The van der Waals surface area contributed by atoms with Gasteiger partial charge in [0.1, 0.15) is 0 Å². The zero-order valence-electron chi connectivity index (χ0n) is 8.70. The van der Waals surface area contributed by atoms with Gasteiger partial charge in [-0.1, -0.05) is 13.8 Å². The number of aliphatic imine (C=N–C) groups is 1. The van der Waals surface area contributed by atoms with E-state index in [1.807, 2.05) is 13.8 Å². The Kier molecular flexibility index (Phi) is 3.45. The highest BCUT2D eigenvalue weighted by molar-refractivity contribution is 5.84. The molecule has 0 radical (unpaired) electrons. The summed E-state index contributed by atoms with van der Waals surface area (Å²) in [6.45, 7) is 6.12. The molecule has 1 heterocycles. The van der Waals surface area contributed by atoms with Gasteiger partial charge in [-0.15, -0.1) is 0 Å². The second-order valence-electron chi connectivity index (χ2n) is 4.09. The molecule has 0 aromatic heterocycles. The van der Waals surface area contributed by atoms with Gasteiger partial charge >= 0.3 is 0 Å². The Morgan fingerprint density at radius 1 is 1.69 bits per heavy atom. The maximum Gasteiger partial charge on any atom is 0.0709 e. The fourth-order valence-electron chi connectivity index (χ4n) is 1.99. The van der Waals surface area contributed by atoms with Gasteiger partial charge in [-0.2, -0.15) is 0 Å². The minimum Gasteiger partial charge on any atom is -0.391 e. The fourth-order valence-corrected chi connectivity index (χ4v) is 1.99. The highest BCUT2D eigenvalue weighted by Gasteiger charge is 2.31. The van der Waals surface area contributed by atoms with Crippen molar-refractivity contribution in [3.05, 3.63) is 0 Å². The molecule has 76 valence electrons. The first-order chi connectivity index (χ1) is 6.06. The number of aliphatic hydroxyl groups excluding tert-OH is 1. The molecule has 0 saturated carbocycles. The van der Waals surface area contributed by atoms with E-state index in [1.54, 1.807) is 0 Å². The van der Waals surface area contributed by atoms with Crippen LogP contribution in [0.5, 0.6) is 0 Å². The SMILES string of the molecule is CC[C@H](O)C(N)C1N=C(C)C[C@H]1C. The molecule has 0 spiro atoms. The Morgan fingerprint density at radius 3 is 2.69 bits per heavy atom. The summed E-state index contributed by atoms with van der Waals surface area (Å²) in [7, 11) is 0. The molecule has 0 saturated heterocycles. The van der Waals surface area contributed by atoms with Crippen LogP contribution in [-0.2, 0) is 0 Å². The lowest BCUT2D eigenvalue weighted by Gasteiger charge is -2.24. The van der Waals surface area contributed by atoms with Gasteiger partial charge in [-0.3, -0.25) is 4.99 Å². The summed E-state index contributed by atoms with van der Waals surface area (Å²) in [6.07, 6.45) is 1.32. The van der Waals surface area contributed by atoms with Crippen molar-refractivity contribution in [2.24, 2.45) is 16.6 Å². The monoisotopic (exact) mass is 184 g/mol. The van der Waals surface area contributed by atoms with Crippen LogP contribution < -0.4 is 5.73 Å². The highest BCUT2D eigenvalue weighted by Crippen LogP contribution is 2.24. The van der Waals surface area contributed by atoms with E-state index in [9.17, 15) is 5.11 Å². The zero-order valence-corrected chi connectivity index (χ0v) is 8.70. The second kappa shape index (κ2) is 4.20. The molecule has 3 nitrogen and oxygen atoms in total. The lowest BCUT2D eigenvalue weighted by atomic mass is 9.91. The van der Waals surface area contributed by atoms with Crippen molar-refractivity contribution in [2.75, 3.05) is 0 Å². The van der Waals surface area contributed by atoms with Crippen molar-refractivity contribution in [3.63, 3.8) is 0 Å². The average Bonchev–Trinajstić information content (AvgIpc) is 2.42. The van der Waals surface area contributed by atoms with Gasteiger partial charge in [-0.25, -0.2) is 0 Å². The van der Waals surface area contributed by atoms with Crippen molar-refractivity contribution >= 4 is 5.71 Å². The van der Waals surface area contributed by atoms with E-state index in [2.05, 4.69) is 11.9 Å². The lowest BCUT2D eigenvalue weighted by molar-refractivity contribution is 0.122. The van der Waals surface area contributed by atoms with Crippen molar-refractivity contribution in [1.82, 2.24) is 0 Å². The predicted octanol–water partition coefficient (Wildman–Crippen LogP) is 0.954. The largest absolute Gasteiger partial charge is 0.391 e. The molecule has 0 fully saturated rings. The van der Waals surface area contributed by atoms with Gasteiger partial charge in [0.2, 0.25) is 0 Å². The summed E-state index contributed by atoms with van der Waals surface area (Å²) in [6, 6.07) is -0.0765. The minimum absolute atomic E-state index is 0.120. The Morgan fingerprint density at radius 2 is 2.31 bits per heavy atom. The molecule has 0 aromatic carbocycles. The number of hydrogen-bond donors (Lipinski definition) is 2. The summed E-state index contributed by atoms with van der Waals surface area (Å²) in [5.41, 5.74) is 7.09. The molecule has 13 heavy (non-hydrogen) atoms. The third kappa shape index (κ3) is 2.29. The van der Waals surface area contributed by atoms with Gasteiger partial charge in [0, 0.05) is 5.71 Å². The Hall–Kier alpha value is -0.410. The topological polar surface area (TPSA) is 58.6 Å². The zero-order chi connectivity index (χ0) is 10.0. The Labute approximate surface area is 80.0 Å². The van der Waals surface area contributed by atoms with Gasteiger partial charge in [0.25, 0.3) is 0 Å². The van der Waals surface area contributed by atoms with Crippen LogP contribution in [-0.4, -0.2) is 29.0 Å². The predicted molar refractivity (Wildman–Crippen MR) is 55.0 cm³/mol. The fraction of sp³-hybridized carbons (Fsp3) is 0.900. The quantitative estimate of drug-likeness (QED) is 0.686. The number of rotatable bonds is 3. The molecule has 1 rings (SSSR count). The van der Waals surface area contributed by atoms with E-state index in [-0.39, 0.29) is 12.1 Å². The van der Waals surface area contributed by atoms with Crippen molar-refractivity contribution in [3.8, 4) is 0 Å². The van der Waals surface area contributed by atoms with Gasteiger partial charge in [0.15, 0.2) is 0 Å². The second-order valence-corrected chi connectivity index (χ2v) is 4.09. The van der Waals surface area contributed by atoms with Gasteiger partial charge in [-0.05, 0) is 25.7 Å². The van der Waals surface area contributed by atoms with Crippen LogP contribution in [0.2, 0.25) is 0 Å². The molecular weight excluding hydrogens is 164 g/mol. The first-order valence-corrected chi connectivity index (χ1v) is 5.03. The first-order valence-electron chi connectivity index (χ1n) is 5.03. The molecule has 1 aliphatic rings. The summed E-state index contributed by atoms with van der Waals surface area (Å²) < 4.78 is 0. The van der Waals surface area contributed by atoms with Gasteiger partial charge < -0.3 is 10.8 Å². The van der Waals surface area contributed by atoms with Crippen LogP contribution in [0.3, 0.4) is 0 Å². The third-order valence-electron chi connectivity index (χ3n) is 2.83. The third-order valence-corrected chi connectivity index (χ3v) is 2.83. The van der Waals surface area contributed by atoms with Crippen LogP contribution in [0.1, 0.15) is 33.6 Å². The molecule has 0 aromatic rings. The molecule has 0 amide bonds. The van der Waals surface area contributed by atoms with Crippen LogP contribution in [0.15, 0.2) is 4.99 Å². The smallest absolute Gasteiger partial charge is 0.0709 e. The molecule has 2 unspecified atom stereocenters. The molecule has 0 bridgehead atoms. The van der Waals surface area contributed by atoms with Crippen LogP contribution in [0.25, 0.3) is 0 Å². The van der Waals surface area contributed by atoms with E-state index >= 15 is 0 Å². The number of hydrogen-bond acceptors (Lipinski definition) is 3. The van der Waals surface area contributed by atoms with E-state index in [4.69, 9.17) is 5.73 Å². The normalized spacial score (nSPS) is 32.8. The van der Waals surface area contributed by atoms with Crippen molar-refractivity contribution in [1.29, 1.82) is 0 Å². The summed E-state index contributed by atoms with van der Waals surface area (Å²) in [4.78, 5) is 4.47. The van der Waals surface area contributed by atoms with Crippen molar-refractivity contribution < 1.29 is 5.11 Å². The van der Waals surface area contributed by atoms with Crippen LogP contribution in [0.4, 0.5) is 0 Å². The standard InChI is InChI=1S/C10H20N2O/c1-4-8(13)9(11)10-6(2)5-7(3)12-10/h6,8-10,13H,4-5,11H2,1-3H3/t6-,8+,9?,10?/m1/s1. The lowest BCUT2D eigenvalue weighted by Crippen LogP contribution is -2.45. The first kappa shape index (κ1) is 10.7. The maximum absolute atomic E-state index is 9.60.